The minimum Gasteiger partial charge on any atom is -0.394 e. The van der Waals surface area contributed by atoms with E-state index in [1.807, 2.05) is 13.8 Å². The van der Waals surface area contributed by atoms with Gasteiger partial charge in [-0.1, -0.05) is 31.5 Å². The van der Waals surface area contributed by atoms with E-state index in [9.17, 15) is 0 Å². The van der Waals surface area contributed by atoms with Crippen molar-refractivity contribution in [2.24, 2.45) is 0 Å². The summed E-state index contributed by atoms with van der Waals surface area (Å²) in [6.07, 6.45) is -0.0416. The van der Waals surface area contributed by atoms with Crippen LogP contribution in [0.25, 0.3) is 0 Å². The van der Waals surface area contributed by atoms with Crippen LogP contribution in [-0.4, -0.2) is 37.5 Å². The SMILES string of the molecule is CC.Cc1ccc(N2CCO[C@@H](CO)C2)cc1. The summed E-state index contributed by atoms with van der Waals surface area (Å²) in [6.45, 7) is 8.56. The van der Waals surface area contributed by atoms with Crippen LogP contribution in [0.2, 0.25) is 0 Å². The molecule has 2 rings (SSSR count). The fourth-order valence-electron chi connectivity index (χ4n) is 1.82. The lowest BCUT2D eigenvalue weighted by molar-refractivity contribution is 0.00357. The zero-order valence-corrected chi connectivity index (χ0v) is 11.0. The van der Waals surface area contributed by atoms with E-state index in [0.717, 1.165) is 13.1 Å². The summed E-state index contributed by atoms with van der Waals surface area (Å²) in [5.41, 5.74) is 2.48. The Kier molecular flexibility index (Phi) is 6.01. The molecule has 1 heterocycles. The third kappa shape index (κ3) is 4.02. The van der Waals surface area contributed by atoms with Crippen LogP contribution in [0.1, 0.15) is 19.4 Å². The molecule has 0 unspecified atom stereocenters. The highest BCUT2D eigenvalue weighted by molar-refractivity contribution is 5.47. The van der Waals surface area contributed by atoms with Crippen molar-refractivity contribution in [3.63, 3.8) is 0 Å². The highest BCUT2D eigenvalue weighted by atomic mass is 16.5. The molecule has 0 spiro atoms. The van der Waals surface area contributed by atoms with E-state index in [0.29, 0.717) is 6.61 Å². The molecule has 1 aromatic carbocycles. The molecule has 1 saturated heterocycles. The second-order valence-electron chi connectivity index (χ2n) is 3.96. The van der Waals surface area contributed by atoms with Crippen LogP contribution in [0.4, 0.5) is 5.69 Å². The van der Waals surface area contributed by atoms with Gasteiger partial charge < -0.3 is 14.7 Å². The molecule has 0 bridgehead atoms. The zero-order valence-electron chi connectivity index (χ0n) is 11.0. The fourth-order valence-corrected chi connectivity index (χ4v) is 1.82. The van der Waals surface area contributed by atoms with Crippen molar-refractivity contribution >= 4 is 5.69 Å². The number of ether oxygens (including phenoxy) is 1. The average molecular weight is 237 g/mol. The summed E-state index contributed by atoms with van der Waals surface area (Å²) >= 11 is 0. The largest absolute Gasteiger partial charge is 0.394 e. The first kappa shape index (κ1) is 14.0. The highest BCUT2D eigenvalue weighted by Gasteiger charge is 2.19. The molecule has 1 aliphatic rings. The Morgan fingerprint density at radius 2 is 1.94 bits per heavy atom. The summed E-state index contributed by atoms with van der Waals surface area (Å²) < 4.78 is 5.41. The lowest BCUT2D eigenvalue weighted by Gasteiger charge is -2.33. The second kappa shape index (κ2) is 7.30. The van der Waals surface area contributed by atoms with Crippen molar-refractivity contribution in [3.05, 3.63) is 29.8 Å². The zero-order chi connectivity index (χ0) is 12.7. The molecular formula is C14H23NO2. The molecule has 3 nitrogen and oxygen atoms in total. The van der Waals surface area contributed by atoms with Gasteiger partial charge in [0.05, 0.1) is 19.3 Å². The minimum absolute atomic E-state index is 0.0416. The first-order chi connectivity index (χ1) is 8.29. The van der Waals surface area contributed by atoms with Gasteiger partial charge in [-0.3, -0.25) is 0 Å². The normalized spacial score (nSPS) is 19.5. The molecule has 0 saturated carbocycles. The van der Waals surface area contributed by atoms with Gasteiger partial charge in [-0.2, -0.15) is 0 Å². The van der Waals surface area contributed by atoms with Crippen LogP contribution in [-0.2, 0) is 4.74 Å². The van der Waals surface area contributed by atoms with Crippen LogP contribution in [0.3, 0.4) is 0 Å². The monoisotopic (exact) mass is 237 g/mol. The fraction of sp³-hybridized carbons (Fsp3) is 0.571. The number of morpholine rings is 1. The predicted octanol–water partition coefficient (Wildman–Crippen LogP) is 2.22. The molecule has 1 fully saturated rings. The maximum atomic E-state index is 9.05. The summed E-state index contributed by atoms with van der Waals surface area (Å²) in [4.78, 5) is 2.25. The van der Waals surface area contributed by atoms with Crippen LogP contribution >= 0.6 is 0 Å². The first-order valence-corrected chi connectivity index (χ1v) is 6.33. The van der Waals surface area contributed by atoms with Gasteiger partial charge in [0, 0.05) is 18.8 Å². The second-order valence-corrected chi connectivity index (χ2v) is 3.96. The lowest BCUT2D eigenvalue weighted by atomic mass is 10.2. The molecule has 1 aromatic rings. The maximum absolute atomic E-state index is 9.05. The van der Waals surface area contributed by atoms with E-state index in [4.69, 9.17) is 9.84 Å². The van der Waals surface area contributed by atoms with Crippen LogP contribution in [0, 0.1) is 6.92 Å². The van der Waals surface area contributed by atoms with Crippen LogP contribution < -0.4 is 4.90 Å². The number of rotatable bonds is 2. The molecule has 0 aliphatic carbocycles. The quantitative estimate of drug-likeness (QED) is 0.856. The lowest BCUT2D eigenvalue weighted by Crippen LogP contribution is -2.44. The van der Waals surface area contributed by atoms with Gasteiger partial charge in [-0.05, 0) is 19.1 Å². The topological polar surface area (TPSA) is 32.7 Å². The molecular weight excluding hydrogens is 214 g/mol. The minimum atomic E-state index is -0.0416. The number of aryl methyl sites for hydroxylation is 1. The van der Waals surface area contributed by atoms with Crippen LogP contribution in [0.5, 0.6) is 0 Å². The Morgan fingerprint density at radius 1 is 1.29 bits per heavy atom. The molecule has 1 aliphatic heterocycles. The van der Waals surface area contributed by atoms with E-state index >= 15 is 0 Å². The van der Waals surface area contributed by atoms with Crippen molar-refractivity contribution in [1.29, 1.82) is 0 Å². The number of nitrogens with zero attached hydrogens (tertiary/aromatic N) is 1. The molecule has 1 N–H and O–H groups in total. The third-order valence-electron chi connectivity index (χ3n) is 2.74. The number of aliphatic hydroxyl groups excluding tert-OH is 1. The Hall–Kier alpha value is -1.06. The Labute approximate surface area is 104 Å². The Morgan fingerprint density at radius 3 is 2.53 bits per heavy atom. The molecule has 17 heavy (non-hydrogen) atoms. The van der Waals surface area contributed by atoms with Gasteiger partial charge in [-0.15, -0.1) is 0 Å². The standard InChI is InChI=1S/C12H17NO2.C2H6/c1-10-2-4-11(5-3-10)13-6-7-15-12(8-13)9-14;1-2/h2-5,12,14H,6-9H2,1H3;1-2H3/t12-;/m1./s1. The van der Waals surface area contributed by atoms with Gasteiger partial charge in [0.15, 0.2) is 0 Å². The summed E-state index contributed by atoms with van der Waals surface area (Å²) in [6, 6.07) is 8.46. The highest BCUT2D eigenvalue weighted by Crippen LogP contribution is 2.18. The Bertz CT molecular complexity index is 311. The predicted molar refractivity (Wildman–Crippen MR) is 71.6 cm³/mol. The van der Waals surface area contributed by atoms with Crippen molar-refractivity contribution in [1.82, 2.24) is 0 Å². The average Bonchev–Trinajstić information content (AvgIpc) is 2.42. The number of anilines is 1. The van der Waals surface area contributed by atoms with Gasteiger partial charge in [-0.25, -0.2) is 0 Å². The number of aliphatic hydroxyl groups is 1. The molecule has 96 valence electrons. The Balaban J connectivity index is 0.000000686. The summed E-state index contributed by atoms with van der Waals surface area (Å²) in [7, 11) is 0. The van der Waals surface area contributed by atoms with E-state index in [1.165, 1.54) is 11.3 Å². The summed E-state index contributed by atoms with van der Waals surface area (Å²) in [5, 5.41) is 9.05. The van der Waals surface area contributed by atoms with Crippen molar-refractivity contribution in [2.75, 3.05) is 31.2 Å². The van der Waals surface area contributed by atoms with Crippen LogP contribution in [0.15, 0.2) is 24.3 Å². The van der Waals surface area contributed by atoms with Gasteiger partial charge >= 0.3 is 0 Å². The van der Waals surface area contributed by atoms with Gasteiger partial charge in [0.1, 0.15) is 0 Å². The number of benzene rings is 1. The van der Waals surface area contributed by atoms with E-state index in [1.54, 1.807) is 0 Å². The number of hydrogen-bond acceptors (Lipinski definition) is 3. The molecule has 0 amide bonds. The van der Waals surface area contributed by atoms with Crippen molar-refractivity contribution in [2.45, 2.75) is 26.9 Å². The van der Waals surface area contributed by atoms with Gasteiger partial charge in [0.25, 0.3) is 0 Å². The maximum Gasteiger partial charge on any atom is 0.0980 e. The van der Waals surface area contributed by atoms with E-state index in [2.05, 4.69) is 36.1 Å². The third-order valence-corrected chi connectivity index (χ3v) is 2.74. The smallest absolute Gasteiger partial charge is 0.0980 e. The molecule has 0 aromatic heterocycles. The van der Waals surface area contributed by atoms with E-state index in [-0.39, 0.29) is 12.7 Å². The van der Waals surface area contributed by atoms with Crippen molar-refractivity contribution in [3.8, 4) is 0 Å². The van der Waals surface area contributed by atoms with E-state index < -0.39 is 0 Å². The first-order valence-electron chi connectivity index (χ1n) is 6.33. The number of hydrogen-bond donors (Lipinski definition) is 1. The molecule has 1 atom stereocenters. The van der Waals surface area contributed by atoms with Crippen molar-refractivity contribution < 1.29 is 9.84 Å². The molecule has 0 radical (unpaired) electrons. The summed E-state index contributed by atoms with van der Waals surface area (Å²) in [5.74, 6) is 0. The van der Waals surface area contributed by atoms with Gasteiger partial charge in [0.2, 0.25) is 0 Å². The molecule has 3 heteroatoms.